The molecule has 0 spiro atoms. The SMILES string of the molecule is CCCn1ncnc1C(C)NC(=O)N(Cc1ccccn1)C1CCCCC1. The Kier molecular flexibility index (Phi) is 6.79. The Bertz CT molecular complexity index is 710. The molecule has 1 atom stereocenters. The minimum Gasteiger partial charge on any atom is -0.328 e. The van der Waals surface area contributed by atoms with Gasteiger partial charge in [0.1, 0.15) is 12.2 Å². The van der Waals surface area contributed by atoms with Crippen molar-refractivity contribution in [3.63, 3.8) is 0 Å². The second-order valence-corrected chi connectivity index (χ2v) is 7.25. The molecule has 0 aromatic carbocycles. The van der Waals surface area contributed by atoms with Crippen molar-refractivity contribution in [2.45, 2.75) is 77.5 Å². The van der Waals surface area contributed by atoms with Crippen LogP contribution in [0.2, 0.25) is 0 Å². The highest BCUT2D eigenvalue weighted by Gasteiger charge is 2.27. The monoisotopic (exact) mass is 370 g/mol. The third-order valence-corrected chi connectivity index (χ3v) is 5.14. The van der Waals surface area contributed by atoms with Gasteiger partial charge in [0.25, 0.3) is 0 Å². The molecule has 1 fully saturated rings. The lowest BCUT2D eigenvalue weighted by molar-refractivity contribution is 0.147. The zero-order chi connectivity index (χ0) is 19.1. The van der Waals surface area contributed by atoms with Gasteiger partial charge in [0.05, 0.1) is 18.3 Å². The fraction of sp³-hybridized carbons (Fsp3) is 0.600. The molecule has 3 rings (SSSR count). The average Bonchev–Trinajstić information content (AvgIpc) is 3.16. The Morgan fingerprint density at radius 3 is 2.81 bits per heavy atom. The first-order valence-electron chi connectivity index (χ1n) is 10.0. The number of carbonyl (C=O) groups is 1. The van der Waals surface area contributed by atoms with Crippen LogP contribution in [0.3, 0.4) is 0 Å². The maximum atomic E-state index is 13.2. The lowest BCUT2D eigenvalue weighted by atomic mass is 9.94. The lowest BCUT2D eigenvalue weighted by Gasteiger charge is -2.35. The maximum Gasteiger partial charge on any atom is 0.318 e. The van der Waals surface area contributed by atoms with Gasteiger partial charge in [0.2, 0.25) is 0 Å². The summed E-state index contributed by atoms with van der Waals surface area (Å²) in [5.74, 6) is 0.798. The van der Waals surface area contributed by atoms with E-state index >= 15 is 0 Å². The Morgan fingerprint density at radius 2 is 2.11 bits per heavy atom. The molecule has 0 aliphatic heterocycles. The molecule has 0 bridgehead atoms. The second-order valence-electron chi connectivity index (χ2n) is 7.25. The van der Waals surface area contributed by atoms with Gasteiger partial charge in [-0.05, 0) is 38.3 Å². The van der Waals surface area contributed by atoms with Gasteiger partial charge in [-0.3, -0.25) is 4.98 Å². The summed E-state index contributed by atoms with van der Waals surface area (Å²) in [5.41, 5.74) is 0.917. The van der Waals surface area contributed by atoms with Gasteiger partial charge < -0.3 is 10.2 Å². The number of nitrogens with one attached hydrogen (secondary N) is 1. The standard InChI is InChI=1S/C20H30N6O/c1-3-13-26-19(22-15-23-26)16(2)24-20(27)25(18-10-5-4-6-11-18)14-17-9-7-8-12-21-17/h7-9,12,15-16,18H,3-6,10-11,13-14H2,1-2H3,(H,24,27). The van der Waals surface area contributed by atoms with Crippen LogP contribution in [0.4, 0.5) is 4.79 Å². The third kappa shape index (κ3) is 5.05. The summed E-state index contributed by atoms with van der Waals surface area (Å²) in [6.45, 7) is 5.40. The van der Waals surface area contributed by atoms with Crippen molar-refractivity contribution in [1.82, 2.24) is 30.0 Å². The number of nitrogens with zero attached hydrogens (tertiary/aromatic N) is 5. The van der Waals surface area contributed by atoms with Gasteiger partial charge >= 0.3 is 6.03 Å². The normalized spacial score (nSPS) is 16.1. The highest BCUT2D eigenvalue weighted by molar-refractivity contribution is 5.75. The van der Waals surface area contributed by atoms with Crippen LogP contribution in [0.25, 0.3) is 0 Å². The lowest BCUT2D eigenvalue weighted by Crippen LogP contribution is -2.47. The summed E-state index contributed by atoms with van der Waals surface area (Å²) < 4.78 is 1.87. The van der Waals surface area contributed by atoms with Crippen LogP contribution >= 0.6 is 0 Å². The number of aryl methyl sites for hydroxylation is 1. The molecule has 146 valence electrons. The molecule has 1 saturated carbocycles. The van der Waals surface area contributed by atoms with Crippen molar-refractivity contribution in [1.29, 1.82) is 0 Å². The van der Waals surface area contributed by atoms with Crippen LogP contribution in [0.15, 0.2) is 30.7 Å². The van der Waals surface area contributed by atoms with Crippen LogP contribution in [0.1, 0.15) is 69.9 Å². The zero-order valence-electron chi connectivity index (χ0n) is 16.3. The van der Waals surface area contributed by atoms with Gasteiger partial charge in [-0.25, -0.2) is 14.5 Å². The van der Waals surface area contributed by atoms with E-state index in [9.17, 15) is 4.79 Å². The predicted octanol–water partition coefficient (Wildman–Crippen LogP) is 3.69. The van der Waals surface area contributed by atoms with E-state index in [2.05, 4.69) is 27.3 Å². The fourth-order valence-corrected chi connectivity index (χ4v) is 3.75. The largest absolute Gasteiger partial charge is 0.328 e. The number of rotatable bonds is 7. The first kappa shape index (κ1) is 19.3. The van der Waals surface area contributed by atoms with Crippen LogP contribution in [0, 0.1) is 0 Å². The molecule has 0 radical (unpaired) electrons. The van der Waals surface area contributed by atoms with Crippen molar-refractivity contribution < 1.29 is 4.79 Å². The first-order valence-corrected chi connectivity index (χ1v) is 10.0. The van der Waals surface area contributed by atoms with Crippen LogP contribution in [-0.2, 0) is 13.1 Å². The van der Waals surface area contributed by atoms with E-state index in [0.717, 1.165) is 37.3 Å². The van der Waals surface area contributed by atoms with Crippen molar-refractivity contribution in [3.05, 3.63) is 42.2 Å². The van der Waals surface area contributed by atoms with E-state index in [1.807, 2.05) is 34.7 Å². The van der Waals surface area contributed by atoms with Crippen LogP contribution in [-0.4, -0.2) is 36.7 Å². The Morgan fingerprint density at radius 1 is 1.30 bits per heavy atom. The van der Waals surface area contributed by atoms with Crippen LogP contribution < -0.4 is 5.32 Å². The minimum absolute atomic E-state index is 0.0499. The molecule has 2 aromatic rings. The molecule has 1 N–H and O–H groups in total. The minimum atomic E-state index is -0.193. The van der Waals surface area contributed by atoms with Crippen molar-refractivity contribution in [3.8, 4) is 0 Å². The number of hydrogen-bond donors (Lipinski definition) is 1. The van der Waals surface area contributed by atoms with Gasteiger partial charge in [0.15, 0.2) is 0 Å². The predicted molar refractivity (Wildman–Crippen MR) is 104 cm³/mol. The second kappa shape index (κ2) is 9.48. The number of hydrogen-bond acceptors (Lipinski definition) is 4. The van der Waals surface area contributed by atoms with Gasteiger partial charge in [-0.15, -0.1) is 0 Å². The molecule has 7 nitrogen and oxygen atoms in total. The van der Waals surface area contributed by atoms with Crippen molar-refractivity contribution in [2.24, 2.45) is 0 Å². The number of urea groups is 1. The van der Waals surface area contributed by atoms with E-state index < -0.39 is 0 Å². The molecule has 2 heterocycles. The Balaban J connectivity index is 1.72. The number of pyridine rings is 1. The Labute approximate surface area is 161 Å². The highest BCUT2D eigenvalue weighted by Crippen LogP contribution is 2.24. The summed E-state index contributed by atoms with van der Waals surface area (Å²) >= 11 is 0. The quantitative estimate of drug-likeness (QED) is 0.806. The molecular formula is C20H30N6O. The zero-order valence-corrected chi connectivity index (χ0v) is 16.3. The summed E-state index contributed by atoms with van der Waals surface area (Å²) in [6.07, 6.45) is 10.0. The fourth-order valence-electron chi connectivity index (χ4n) is 3.75. The van der Waals surface area contributed by atoms with E-state index in [1.165, 1.54) is 19.3 Å². The van der Waals surface area contributed by atoms with Crippen LogP contribution in [0.5, 0.6) is 0 Å². The van der Waals surface area contributed by atoms with E-state index in [-0.39, 0.29) is 18.1 Å². The van der Waals surface area contributed by atoms with E-state index in [0.29, 0.717) is 6.54 Å². The molecule has 0 saturated heterocycles. The van der Waals surface area contributed by atoms with E-state index in [4.69, 9.17) is 0 Å². The smallest absolute Gasteiger partial charge is 0.318 e. The summed E-state index contributed by atoms with van der Waals surface area (Å²) in [6, 6.07) is 5.87. The molecule has 7 heteroatoms. The van der Waals surface area contributed by atoms with Gasteiger partial charge in [-0.2, -0.15) is 5.10 Å². The first-order chi connectivity index (χ1) is 13.2. The molecular weight excluding hydrogens is 340 g/mol. The Hall–Kier alpha value is -2.44. The molecule has 2 aromatic heterocycles. The third-order valence-electron chi connectivity index (χ3n) is 5.14. The van der Waals surface area contributed by atoms with Gasteiger partial charge in [-0.1, -0.05) is 32.3 Å². The summed E-state index contributed by atoms with van der Waals surface area (Å²) in [4.78, 5) is 23.9. The van der Waals surface area contributed by atoms with Crippen molar-refractivity contribution >= 4 is 6.03 Å². The molecule has 1 aliphatic carbocycles. The summed E-state index contributed by atoms with van der Waals surface area (Å²) in [5, 5.41) is 7.40. The topological polar surface area (TPSA) is 75.9 Å². The van der Waals surface area contributed by atoms with Crippen molar-refractivity contribution in [2.75, 3.05) is 0 Å². The number of amides is 2. The van der Waals surface area contributed by atoms with E-state index in [1.54, 1.807) is 12.5 Å². The number of carbonyl (C=O) groups excluding carboxylic acids is 1. The van der Waals surface area contributed by atoms with Gasteiger partial charge in [0, 0.05) is 18.8 Å². The molecule has 1 aliphatic rings. The molecule has 2 amide bonds. The highest BCUT2D eigenvalue weighted by atomic mass is 16.2. The summed E-state index contributed by atoms with van der Waals surface area (Å²) in [7, 11) is 0. The maximum absolute atomic E-state index is 13.2. The number of aromatic nitrogens is 4. The molecule has 1 unspecified atom stereocenters. The molecule has 27 heavy (non-hydrogen) atoms. The average molecular weight is 371 g/mol.